The molecule has 0 amide bonds. The van der Waals surface area contributed by atoms with Gasteiger partial charge in [0.2, 0.25) is 0 Å². The van der Waals surface area contributed by atoms with E-state index in [0.29, 0.717) is 0 Å². The zero-order valence-electron chi connectivity index (χ0n) is 14.6. The van der Waals surface area contributed by atoms with Gasteiger partial charge < -0.3 is 4.74 Å². The van der Waals surface area contributed by atoms with Gasteiger partial charge in [-0.25, -0.2) is 0 Å². The van der Waals surface area contributed by atoms with Gasteiger partial charge in [-0.3, -0.25) is 4.90 Å². The predicted octanol–water partition coefficient (Wildman–Crippen LogP) is 5.70. The van der Waals surface area contributed by atoms with Crippen molar-refractivity contribution in [2.75, 3.05) is 12.0 Å². The minimum Gasteiger partial charge on any atom is -0.372 e. The standard InChI is InChI=1S/C20H28N2O/c1-4-5-6-7-8-9-13-18-16(2)20(23-3)17-12-10-11-14-19(17)22(18)15-21/h10-12,14,20H,4-9,13H2,1-3H3. The van der Waals surface area contributed by atoms with Gasteiger partial charge in [-0.15, -0.1) is 0 Å². The summed E-state index contributed by atoms with van der Waals surface area (Å²) in [4.78, 5) is 1.80. The first-order valence-corrected chi connectivity index (χ1v) is 8.75. The average molecular weight is 312 g/mol. The van der Waals surface area contributed by atoms with Crippen LogP contribution in [-0.4, -0.2) is 7.11 Å². The van der Waals surface area contributed by atoms with Crippen LogP contribution in [0.2, 0.25) is 0 Å². The zero-order valence-corrected chi connectivity index (χ0v) is 14.6. The van der Waals surface area contributed by atoms with Gasteiger partial charge in [0.15, 0.2) is 6.19 Å². The number of unbranched alkanes of at least 4 members (excludes halogenated alkanes) is 5. The maximum absolute atomic E-state index is 9.66. The lowest BCUT2D eigenvalue weighted by Gasteiger charge is -2.33. The van der Waals surface area contributed by atoms with Crippen molar-refractivity contribution in [2.45, 2.75) is 64.9 Å². The number of rotatable bonds is 8. The molecule has 0 saturated heterocycles. The summed E-state index contributed by atoms with van der Waals surface area (Å²) in [7, 11) is 1.75. The molecule has 3 heteroatoms. The second-order valence-corrected chi connectivity index (χ2v) is 6.26. The van der Waals surface area contributed by atoms with Crippen molar-refractivity contribution >= 4 is 5.69 Å². The number of fused-ring (bicyclic) bond motifs is 1. The molecule has 0 aliphatic carbocycles. The molecule has 0 bridgehead atoms. The number of hydrogen-bond acceptors (Lipinski definition) is 3. The second kappa shape index (κ2) is 8.74. The van der Waals surface area contributed by atoms with Crippen LogP contribution in [0.15, 0.2) is 35.5 Å². The number of para-hydroxylation sites is 1. The molecule has 1 aliphatic heterocycles. The Hall–Kier alpha value is -1.79. The number of benzene rings is 1. The Morgan fingerprint density at radius 3 is 2.52 bits per heavy atom. The highest BCUT2D eigenvalue weighted by atomic mass is 16.5. The first-order chi connectivity index (χ1) is 11.2. The molecule has 0 fully saturated rings. The maximum Gasteiger partial charge on any atom is 0.189 e. The molecule has 1 unspecified atom stereocenters. The van der Waals surface area contributed by atoms with Crippen LogP contribution in [-0.2, 0) is 4.74 Å². The van der Waals surface area contributed by atoms with Crippen LogP contribution in [0.1, 0.15) is 70.5 Å². The maximum atomic E-state index is 9.66. The fourth-order valence-corrected chi connectivity index (χ4v) is 3.42. The molecule has 3 nitrogen and oxygen atoms in total. The molecule has 1 aliphatic rings. The molecule has 1 aromatic carbocycles. The second-order valence-electron chi connectivity index (χ2n) is 6.26. The number of ether oxygens (including phenoxy) is 1. The molecule has 1 atom stereocenters. The Labute approximate surface area is 140 Å². The smallest absolute Gasteiger partial charge is 0.189 e. The van der Waals surface area contributed by atoms with Crippen LogP contribution in [0, 0.1) is 11.5 Å². The first-order valence-electron chi connectivity index (χ1n) is 8.75. The topological polar surface area (TPSA) is 36.3 Å². The lowest BCUT2D eigenvalue weighted by Crippen LogP contribution is -2.26. The largest absolute Gasteiger partial charge is 0.372 e. The van der Waals surface area contributed by atoms with Crippen molar-refractivity contribution in [1.82, 2.24) is 0 Å². The number of nitrogens with zero attached hydrogens (tertiary/aromatic N) is 2. The molecule has 2 rings (SSSR count). The first kappa shape index (κ1) is 17.6. The van der Waals surface area contributed by atoms with Crippen LogP contribution < -0.4 is 4.90 Å². The molecular weight excluding hydrogens is 284 g/mol. The minimum absolute atomic E-state index is 0.0362. The highest BCUT2D eigenvalue weighted by Gasteiger charge is 2.30. The van der Waals surface area contributed by atoms with Gasteiger partial charge in [-0.05, 0) is 31.4 Å². The van der Waals surface area contributed by atoms with E-state index in [0.717, 1.165) is 29.8 Å². The van der Waals surface area contributed by atoms with E-state index in [1.165, 1.54) is 37.7 Å². The Kier molecular flexibility index (Phi) is 6.67. The number of hydrogen-bond donors (Lipinski definition) is 0. The van der Waals surface area contributed by atoms with E-state index in [4.69, 9.17) is 4.74 Å². The van der Waals surface area contributed by atoms with Gasteiger partial charge in [-0.1, -0.05) is 57.2 Å². The van der Waals surface area contributed by atoms with E-state index in [1.807, 2.05) is 18.2 Å². The summed E-state index contributed by atoms with van der Waals surface area (Å²) in [5.74, 6) is 0. The molecule has 0 spiro atoms. The lowest BCUT2D eigenvalue weighted by atomic mass is 9.92. The summed E-state index contributed by atoms with van der Waals surface area (Å²) < 4.78 is 5.72. The third kappa shape index (κ3) is 3.95. The molecule has 0 radical (unpaired) electrons. The SMILES string of the molecule is CCCCCCCCC1=C(C)C(OC)c2ccccc2N1C#N. The Morgan fingerprint density at radius 1 is 1.13 bits per heavy atom. The quantitative estimate of drug-likeness (QED) is 0.456. The van der Waals surface area contributed by atoms with E-state index in [1.54, 1.807) is 12.0 Å². The van der Waals surface area contributed by atoms with Crippen LogP contribution in [0.25, 0.3) is 0 Å². The summed E-state index contributed by atoms with van der Waals surface area (Å²) in [5.41, 5.74) is 4.34. The summed E-state index contributed by atoms with van der Waals surface area (Å²) in [6.45, 7) is 4.34. The minimum atomic E-state index is -0.0362. The molecule has 0 N–H and O–H groups in total. The number of nitriles is 1. The van der Waals surface area contributed by atoms with Gasteiger partial charge in [0.1, 0.15) is 6.10 Å². The van der Waals surface area contributed by atoms with Gasteiger partial charge in [-0.2, -0.15) is 5.26 Å². The lowest BCUT2D eigenvalue weighted by molar-refractivity contribution is 0.130. The van der Waals surface area contributed by atoms with Crippen LogP contribution >= 0.6 is 0 Å². The third-order valence-corrected chi connectivity index (χ3v) is 4.68. The Balaban J connectivity index is 2.12. The van der Waals surface area contributed by atoms with Crippen LogP contribution in [0.4, 0.5) is 5.69 Å². The molecule has 0 aromatic heterocycles. The Bertz CT molecular complexity index is 586. The molecule has 124 valence electrons. The fraction of sp³-hybridized carbons (Fsp3) is 0.550. The monoisotopic (exact) mass is 312 g/mol. The molecule has 1 heterocycles. The van der Waals surface area contributed by atoms with E-state index in [2.05, 4.69) is 26.1 Å². The number of methoxy groups -OCH3 is 1. The van der Waals surface area contributed by atoms with Crippen LogP contribution in [0.3, 0.4) is 0 Å². The van der Waals surface area contributed by atoms with Crippen molar-refractivity contribution in [3.63, 3.8) is 0 Å². The normalized spacial score (nSPS) is 17.1. The van der Waals surface area contributed by atoms with Gasteiger partial charge in [0, 0.05) is 18.4 Å². The van der Waals surface area contributed by atoms with Gasteiger partial charge in [0.25, 0.3) is 0 Å². The molecular formula is C20H28N2O. The van der Waals surface area contributed by atoms with Crippen molar-refractivity contribution in [3.8, 4) is 6.19 Å². The summed E-state index contributed by atoms with van der Waals surface area (Å²) in [5, 5.41) is 9.66. The van der Waals surface area contributed by atoms with E-state index < -0.39 is 0 Å². The van der Waals surface area contributed by atoms with Gasteiger partial charge in [0.05, 0.1) is 5.69 Å². The van der Waals surface area contributed by atoms with Crippen molar-refractivity contribution in [2.24, 2.45) is 0 Å². The van der Waals surface area contributed by atoms with Crippen molar-refractivity contribution < 1.29 is 4.74 Å². The highest BCUT2D eigenvalue weighted by molar-refractivity contribution is 5.67. The summed E-state index contributed by atoms with van der Waals surface area (Å²) >= 11 is 0. The van der Waals surface area contributed by atoms with E-state index in [-0.39, 0.29) is 6.10 Å². The highest BCUT2D eigenvalue weighted by Crippen LogP contribution is 2.42. The molecule has 1 aromatic rings. The number of allylic oxidation sites excluding steroid dienone is 1. The molecule has 23 heavy (non-hydrogen) atoms. The molecule has 0 saturated carbocycles. The summed E-state index contributed by atoms with van der Waals surface area (Å²) in [6.07, 6.45) is 10.8. The van der Waals surface area contributed by atoms with Crippen LogP contribution in [0.5, 0.6) is 0 Å². The Morgan fingerprint density at radius 2 is 1.83 bits per heavy atom. The van der Waals surface area contributed by atoms with Gasteiger partial charge >= 0.3 is 0 Å². The fourth-order valence-electron chi connectivity index (χ4n) is 3.42. The summed E-state index contributed by atoms with van der Waals surface area (Å²) in [6, 6.07) is 8.06. The van der Waals surface area contributed by atoms with E-state index in [9.17, 15) is 5.26 Å². The van der Waals surface area contributed by atoms with E-state index >= 15 is 0 Å². The third-order valence-electron chi connectivity index (χ3n) is 4.68. The predicted molar refractivity (Wildman–Crippen MR) is 95.0 cm³/mol. The number of anilines is 1. The average Bonchev–Trinajstić information content (AvgIpc) is 2.58. The van der Waals surface area contributed by atoms with Crippen molar-refractivity contribution in [1.29, 1.82) is 5.26 Å². The van der Waals surface area contributed by atoms with Crippen molar-refractivity contribution in [3.05, 3.63) is 41.1 Å². The zero-order chi connectivity index (χ0) is 16.7.